The Balaban J connectivity index is 3.11. The summed E-state index contributed by atoms with van der Waals surface area (Å²) < 4.78 is 17.5. The van der Waals surface area contributed by atoms with E-state index in [-0.39, 0.29) is 0 Å². The van der Waals surface area contributed by atoms with Gasteiger partial charge < -0.3 is 4.74 Å². The van der Waals surface area contributed by atoms with Gasteiger partial charge in [0.15, 0.2) is 6.17 Å². The second-order valence-corrected chi connectivity index (χ2v) is 5.67. The fraction of sp³-hybridized carbons (Fsp3) is 0.941. The molecule has 0 amide bonds. The smallest absolute Gasteiger partial charge is 0.340 e. The zero-order valence-electron chi connectivity index (χ0n) is 13.5. The van der Waals surface area contributed by atoms with Crippen LogP contribution in [0.3, 0.4) is 0 Å². The fourth-order valence-electron chi connectivity index (χ4n) is 2.41. The highest BCUT2D eigenvalue weighted by Gasteiger charge is 2.16. The third-order valence-corrected chi connectivity index (χ3v) is 3.77. The van der Waals surface area contributed by atoms with Gasteiger partial charge in [0.05, 0.1) is 7.11 Å². The molecule has 0 fully saturated rings. The Kier molecular flexibility index (Phi) is 14.4. The molecule has 0 aliphatic heterocycles. The minimum absolute atomic E-state index is 0.310. The molecule has 0 radical (unpaired) electrons. The summed E-state index contributed by atoms with van der Waals surface area (Å²) in [5.41, 5.74) is 0. The summed E-state index contributed by atoms with van der Waals surface area (Å²) in [5.74, 6) is -0.729. The van der Waals surface area contributed by atoms with Gasteiger partial charge in [0.25, 0.3) is 0 Å². The van der Waals surface area contributed by atoms with Crippen LogP contribution in [0.4, 0.5) is 4.39 Å². The number of alkyl halides is 1. The number of hydrogen-bond acceptors (Lipinski definition) is 2. The van der Waals surface area contributed by atoms with Crippen LogP contribution in [0.15, 0.2) is 0 Å². The van der Waals surface area contributed by atoms with E-state index in [1.165, 1.54) is 64.9 Å². The summed E-state index contributed by atoms with van der Waals surface area (Å²) >= 11 is 0. The summed E-state index contributed by atoms with van der Waals surface area (Å²) in [6.07, 6.45) is 13.9. The van der Waals surface area contributed by atoms with Crippen molar-refractivity contribution in [3.63, 3.8) is 0 Å². The van der Waals surface area contributed by atoms with Gasteiger partial charge in [-0.05, 0) is 12.8 Å². The molecule has 3 heteroatoms. The first-order valence-corrected chi connectivity index (χ1v) is 8.44. The molecule has 20 heavy (non-hydrogen) atoms. The Morgan fingerprint density at radius 2 is 1.25 bits per heavy atom. The SMILES string of the molecule is CCCCCCCCCCCCCC[C@H](F)C(=O)OC. The van der Waals surface area contributed by atoms with Gasteiger partial charge in [-0.15, -0.1) is 0 Å². The summed E-state index contributed by atoms with van der Waals surface area (Å²) in [6, 6.07) is 0. The van der Waals surface area contributed by atoms with Gasteiger partial charge in [-0.1, -0.05) is 77.6 Å². The van der Waals surface area contributed by atoms with Gasteiger partial charge >= 0.3 is 5.97 Å². The average Bonchev–Trinajstić information content (AvgIpc) is 2.47. The van der Waals surface area contributed by atoms with Crippen LogP contribution in [0.25, 0.3) is 0 Å². The number of methoxy groups -OCH3 is 1. The fourth-order valence-corrected chi connectivity index (χ4v) is 2.41. The molecule has 0 rings (SSSR count). The maximum atomic E-state index is 13.1. The first-order chi connectivity index (χ1) is 9.72. The van der Waals surface area contributed by atoms with E-state index in [9.17, 15) is 9.18 Å². The van der Waals surface area contributed by atoms with Gasteiger partial charge in [0.1, 0.15) is 0 Å². The normalized spacial score (nSPS) is 12.3. The predicted molar refractivity (Wildman–Crippen MR) is 82.6 cm³/mol. The molecular formula is C17H33FO2. The van der Waals surface area contributed by atoms with Crippen molar-refractivity contribution in [3.8, 4) is 0 Å². The molecular weight excluding hydrogens is 255 g/mol. The molecule has 120 valence electrons. The van der Waals surface area contributed by atoms with Gasteiger partial charge in [-0.25, -0.2) is 9.18 Å². The van der Waals surface area contributed by atoms with Crippen molar-refractivity contribution in [1.29, 1.82) is 0 Å². The zero-order valence-corrected chi connectivity index (χ0v) is 13.5. The monoisotopic (exact) mass is 288 g/mol. The molecule has 0 saturated heterocycles. The second kappa shape index (κ2) is 14.8. The lowest BCUT2D eigenvalue weighted by molar-refractivity contribution is -0.146. The molecule has 0 aromatic heterocycles. The minimum Gasteiger partial charge on any atom is -0.467 e. The van der Waals surface area contributed by atoms with Crippen LogP contribution in [0.2, 0.25) is 0 Å². The number of rotatable bonds is 14. The molecule has 0 aliphatic carbocycles. The number of esters is 1. The number of hydrogen-bond donors (Lipinski definition) is 0. The van der Waals surface area contributed by atoms with E-state index in [0.717, 1.165) is 19.3 Å². The van der Waals surface area contributed by atoms with E-state index in [1.807, 2.05) is 0 Å². The van der Waals surface area contributed by atoms with Crippen molar-refractivity contribution in [2.24, 2.45) is 0 Å². The Bertz CT molecular complexity index is 219. The molecule has 0 heterocycles. The largest absolute Gasteiger partial charge is 0.467 e. The quantitative estimate of drug-likeness (QED) is 0.308. The van der Waals surface area contributed by atoms with E-state index < -0.39 is 12.1 Å². The summed E-state index contributed by atoms with van der Waals surface area (Å²) in [5, 5.41) is 0. The first-order valence-electron chi connectivity index (χ1n) is 8.44. The highest BCUT2D eigenvalue weighted by molar-refractivity contribution is 5.74. The Morgan fingerprint density at radius 3 is 1.65 bits per heavy atom. The number of ether oxygens (including phenoxy) is 1. The van der Waals surface area contributed by atoms with Gasteiger partial charge in [0, 0.05) is 0 Å². The van der Waals surface area contributed by atoms with E-state index in [4.69, 9.17) is 0 Å². The lowest BCUT2D eigenvalue weighted by Crippen LogP contribution is -2.16. The van der Waals surface area contributed by atoms with Crippen LogP contribution in [0, 0.1) is 0 Å². The summed E-state index contributed by atoms with van der Waals surface area (Å²) in [4.78, 5) is 10.8. The topological polar surface area (TPSA) is 26.3 Å². The van der Waals surface area contributed by atoms with Gasteiger partial charge in [-0.3, -0.25) is 0 Å². The van der Waals surface area contributed by atoms with E-state index in [0.29, 0.717) is 6.42 Å². The predicted octanol–water partition coefficient (Wildman–Crippen LogP) is 5.59. The number of carbonyl (C=O) groups excluding carboxylic acids is 1. The molecule has 0 aromatic carbocycles. The van der Waals surface area contributed by atoms with Crippen LogP contribution in [0.1, 0.15) is 90.4 Å². The molecule has 0 aromatic rings. The van der Waals surface area contributed by atoms with Crippen molar-refractivity contribution in [3.05, 3.63) is 0 Å². The lowest BCUT2D eigenvalue weighted by Gasteiger charge is -2.05. The average molecular weight is 288 g/mol. The van der Waals surface area contributed by atoms with Gasteiger partial charge in [-0.2, -0.15) is 0 Å². The Labute approximate surface area is 124 Å². The molecule has 0 spiro atoms. The molecule has 0 N–H and O–H groups in total. The van der Waals surface area contributed by atoms with Crippen LogP contribution < -0.4 is 0 Å². The van der Waals surface area contributed by atoms with Gasteiger partial charge in [0.2, 0.25) is 0 Å². The highest BCUT2D eigenvalue weighted by Crippen LogP contribution is 2.13. The third kappa shape index (κ3) is 12.4. The number of carbonyl (C=O) groups is 1. The van der Waals surface area contributed by atoms with Crippen molar-refractivity contribution < 1.29 is 13.9 Å². The van der Waals surface area contributed by atoms with Crippen molar-refractivity contribution >= 4 is 5.97 Å². The van der Waals surface area contributed by atoms with Crippen LogP contribution in [-0.2, 0) is 9.53 Å². The van der Waals surface area contributed by atoms with Crippen LogP contribution in [-0.4, -0.2) is 19.3 Å². The molecule has 0 aliphatic rings. The summed E-state index contributed by atoms with van der Waals surface area (Å²) in [6.45, 7) is 2.25. The third-order valence-electron chi connectivity index (χ3n) is 3.77. The molecule has 2 nitrogen and oxygen atoms in total. The van der Waals surface area contributed by atoms with E-state index in [2.05, 4.69) is 11.7 Å². The molecule has 1 atom stereocenters. The molecule has 0 bridgehead atoms. The Hall–Kier alpha value is -0.600. The Morgan fingerprint density at radius 1 is 0.850 bits per heavy atom. The molecule has 0 saturated carbocycles. The number of unbranched alkanes of at least 4 members (excludes halogenated alkanes) is 11. The van der Waals surface area contributed by atoms with E-state index in [1.54, 1.807) is 0 Å². The first kappa shape index (κ1) is 19.4. The molecule has 0 unspecified atom stereocenters. The van der Waals surface area contributed by atoms with Crippen LogP contribution in [0.5, 0.6) is 0 Å². The van der Waals surface area contributed by atoms with Crippen molar-refractivity contribution in [2.75, 3.05) is 7.11 Å². The van der Waals surface area contributed by atoms with Crippen molar-refractivity contribution in [1.82, 2.24) is 0 Å². The zero-order chi connectivity index (χ0) is 15.1. The van der Waals surface area contributed by atoms with Crippen molar-refractivity contribution in [2.45, 2.75) is 96.6 Å². The lowest BCUT2D eigenvalue weighted by atomic mass is 10.0. The standard InChI is InChI=1S/C17H33FO2/c1-3-4-5-6-7-8-9-10-11-12-13-14-15-16(18)17(19)20-2/h16H,3-15H2,1-2H3/t16-/m0/s1. The summed E-state index contributed by atoms with van der Waals surface area (Å²) in [7, 11) is 1.23. The maximum absolute atomic E-state index is 13.1. The minimum atomic E-state index is -1.43. The van der Waals surface area contributed by atoms with E-state index >= 15 is 0 Å². The number of halogens is 1. The maximum Gasteiger partial charge on any atom is 0.340 e. The van der Waals surface area contributed by atoms with Crippen LogP contribution >= 0.6 is 0 Å². The highest BCUT2D eigenvalue weighted by atomic mass is 19.1. The second-order valence-electron chi connectivity index (χ2n) is 5.67.